The minimum absolute atomic E-state index is 0. The van der Waals surface area contributed by atoms with Crippen LogP contribution in [-0.2, 0) is 41.0 Å². The van der Waals surface area contributed by atoms with Gasteiger partial charge in [0.1, 0.15) is 0 Å². The Morgan fingerprint density at radius 3 is 2.71 bits per heavy atom. The van der Waals surface area contributed by atoms with Gasteiger partial charge in [0.2, 0.25) is 0 Å². The van der Waals surface area contributed by atoms with Crippen molar-refractivity contribution in [2.45, 2.75) is 38.7 Å². The third kappa shape index (κ3) is 2.11. The SMILES string of the molecule is CCc1cccc2c1CC(C)(O)C2.[Ti]. The summed E-state index contributed by atoms with van der Waals surface area (Å²) in [5.41, 5.74) is 3.61. The number of aryl methyl sites for hydroxylation is 1. The predicted octanol–water partition coefficient (Wildman–Crippen LogP) is 2.10. The molecule has 0 saturated carbocycles. The fourth-order valence-electron chi connectivity index (χ4n) is 2.27. The van der Waals surface area contributed by atoms with E-state index in [-0.39, 0.29) is 21.7 Å². The molecule has 1 atom stereocenters. The number of hydrogen-bond acceptors (Lipinski definition) is 1. The Kier molecular flexibility index (Phi) is 3.57. The minimum Gasteiger partial charge on any atom is -0.389 e. The van der Waals surface area contributed by atoms with Gasteiger partial charge in [-0.15, -0.1) is 0 Å². The van der Waals surface area contributed by atoms with Crippen LogP contribution < -0.4 is 0 Å². The third-order valence-corrected chi connectivity index (χ3v) is 2.88. The summed E-state index contributed by atoms with van der Waals surface area (Å²) in [6.07, 6.45) is 2.71. The summed E-state index contributed by atoms with van der Waals surface area (Å²) in [7, 11) is 0. The van der Waals surface area contributed by atoms with Crippen molar-refractivity contribution in [1.82, 2.24) is 0 Å². The molecule has 0 radical (unpaired) electrons. The molecule has 14 heavy (non-hydrogen) atoms. The summed E-state index contributed by atoms with van der Waals surface area (Å²) in [6, 6.07) is 6.40. The van der Waals surface area contributed by atoms with Gasteiger partial charge in [0.25, 0.3) is 0 Å². The molecule has 1 N–H and O–H groups in total. The second-order valence-corrected chi connectivity index (χ2v) is 4.26. The molecule has 0 fully saturated rings. The zero-order chi connectivity index (χ0) is 9.47. The smallest absolute Gasteiger partial charge is 0.0700 e. The van der Waals surface area contributed by atoms with Crippen molar-refractivity contribution in [2.24, 2.45) is 0 Å². The summed E-state index contributed by atoms with van der Waals surface area (Å²) in [6.45, 7) is 4.09. The van der Waals surface area contributed by atoms with Crippen LogP contribution >= 0.6 is 0 Å². The fraction of sp³-hybridized carbons (Fsp3) is 0.500. The van der Waals surface area contributed by atoms with Crippen LogP contribution in [0, 0.1) is 0 Å². The summed E-state index contributed by atoms with van der Waals surface area (Å²) in [5, 5.41) is 9.94. The van der Waals surface area contributed by atoms with Gasteiger partial charge in [-0.3, -0.25) is 0 Å². The Morgan fingerprint density at radius 2 is 2.07 bits per heavy atom. The Labute approximate surface area is 100 Å². The summed E-state index contributed by atoms with van der Waals surface area (Å²) in [4.78, 5) is 0. The molecule has 0 heterocycles. The second kappa shape index (κ2) is 4.18. The summed E-state index contributed by atoms with van der Waals surface area (Å²) < 4.78 is 0. The molecule has 1 nitrogen and oxygen atoms in total. The van der Waals surface area contributed by atoms with Crippen LogP contribution in [-0.4, -0.2) is 10.7 Å². The van der Waals surface area contributed by atoms with Gasteiger partial charge in [0.05, 0.1) is 5.60 Å². The molecular weight excluding hydrogens is 208 g/mol. The third-order valence-electron chi connectivity index (χ3n) is 2.88. The van der Waals surface area contributed by atoms with Crippen molar-refractivity contribution in [1.29, 1.82) is 0 Å². The monoisotopic (exact) mass is 224 g/mol. The van der Waals surface area contributed by atoms with E-state index >= 15 is 0 Å². The van der Waals surface area contributed by atoms with Crippen LogP contribution in [0.4, 0.5) is 0 Å². The molecule has 2 rings (SSSR count). The van der Waals surface area contributed by atoms with Gasteiger partial charge in [-0.25, -0.2) is 0 Å². The number of rotatable bonds is 1. The van der Waals surface area contributed by atoms with Gasteiger partial charge in [-0.05, 0) is 30.0 Å². The van der Waals surface area contributed by atoms with Gasteiger partial charge in [-0.2, -0.15) is 0 Å². The molecule has 0 saturated heterocycles. The van der Waals surface area contributed by atoms with E-state index in [0.29, 0.717) is 0 Å². The van der Waals surface area contributed by atoms with E-state index in [9.17, 15) is 5.11 Å². The van der Waals surface area contributed by atoms with Gasteiger partial charge in [-0.1, -0.05) is 25.1 Å². The number of fused-ring (bicyclic) bond motifs is 1. The largest absolute Gasteiger partial charge is 0.389 e. The van der Waals surface area contributed by atoms with Crippen LogP contribution in [0.5, 0.6) is 0 Å². The molecule has 1 aliphatic rings. The molecular formula is C12H16OTi. The standard InChI is InChI=1S/C12H16O.Ti/c1-3-9-5-4-6-10-7-12(2,13)8-11(9)10;/h4-6,13H,3,7-8H2,1-2H3;. The first kappa shape index (κ1) is 12.0. The first-order valence-corrected chi connectivity index (χ1v) is 4.94. The molecule has 0 bridgehead atoms. The fourth-order valence-corrected chi connectivity index (χ4v) is 2.27. The Balaban J connectivity index is 0.000000980. The number of benzene rings is 1. The molecule has 0 amide bonds. The van der Waals surface area contributed by atoms with E-state index in [0.717, 1.165) is 19.3 Å². The summed E-state index contributed by atoms with van der Waals surface area (Å²) >= 11 is 0. The zero-order valence-corrected chi connectivity index (χ0v) is 10.4. The quantitative estimate of drug-likeness (QED) is 0.724. The average Bonchev–Trinajstić information content (AvgIpc) is 2.37. The molecule has 0 spiro atoms. The Bertz CT molecular complexity index is 331. The zero-order valence-electron chi connectivity index (χ0n) is 8.80. The van der Waals surface area contributed by atoms with Crippen LogP contribution in [0.2, 0.25) is 0 Å². The van der Waals surface area contributed by atoms with E-state index in [1.807, 2.05) is 6.92 Å². The Morgan fingerprint density at radius 1 is 1.36 bits per heavy atom. The predicted molar refractivity (Wildman–Crippen MR) is 53.9 cm³/mol. The van der Waals surface area contributed by atoms with Crippen molar-refractivity contribution in [3.05, 3.63) is 34.9 Å². The second-order valence-electron chi connectivity index (χ2n) is 4.26. The molecule has 74 valence electrons. The van der Waals surface area contributed by atoms with E-state index in [1.165, 1.54) is 16.7 Å². The van der Waals surface area contributed by atoms with Crippen LogP contribution in [0.1, 0.15) is 30.5 Å². The van der Waals surface area contributed by atoms with Gasteiger partial charge < -0.3 is 5.11 Å². The molecule has 1 aliphatic carbocycles. The molecule has 2 heteroatoms. The van der Waals surface area contributed by atoms with Gasteiger partial charge >= 0.3 is 0 Å². The minimum atomic E-state index is -0.506. The van der Waals surface area contributed by atoms with E-state index < -0.39 is 5.60 Å². The molecule has 1 aromatic carbocycles. The van der Waals surface area contributed by atoms with Crippen molar-refractivity contribution < 1.29 is 26.8 Å². The molecule has 1 unspecified atom stereocenters. The van der Waals surface area contributed by atoms with Crippen molar-refractivity contribution in [2.75, 3.05) is 0 Å². The normalized spacial score (nSPS) is 24.2. The van der Waals surface area contributed by atoms with E-state index in [1.54, 1.807) is 0 Å². The number of aliphatic hydroxyl groups is 1. The maximum atomic E-state index is 9.94. The molecule has 1 aromatic rings. The average molecular weight is 224 g/mol. The molecule has 0 aliphatic heterocycles. The maximum absolute atomic E-state index is 9.94. The number of hydrogen-bond donors (Lipinski definition) is 1. The van der Waals surface area contributed by atoms with Gasteiger partial charge in [0.15, 0.2) is 0 Å². The van der Waals surface area contributed by atoms with E-state index in [4.69, 9.17) is 0 Å². The van der Waals surface area contributed by atoms with Crippen molar-refractivity contribution >= 4 is 0 Å². The summed E-state index contributed by atoms with van der Waals surface area (Å²) in [5.74, 6) is 0. The first-order valence-electron chi connectivity index (χ1n) is 4.94. The van der Waals surface area contributed by atoms with E-state index in [2.05, 4.69) is 25.1 Å². The topological polar surface area (TPSA) is 20.2 Å². The first-order chi connectivity index (χ1) is 6.12. The maximum Gasteiger partial charge on any atom is 0.0700 e. The Hall–Kier alpha value is -0.106. The van der Waals surface area contributed by atoms with Crippen molar-refractivity contribution in [3.63, 3.8) is 0 Å². The van der Waals surface area contributed by atoms with Crippen LogP contribution in [0.3, 0.4) is 0 Å². The van der Waals surface area contributed by atoms with Crippen LogP contribution in [0.15, 0.2) is 18.2 Å². The molecule has 0 aromatic heterocycles. The van der Waals surface area contributed by atoms with Crippen LogP contribution in [0.25, 0.3) is 0 Å². The van der Waals surface area contributed by atoms with Crippen molar-refractivity contribution in [3.8, 4) is 0 Å². The van der Waals surface area contributed by atoms with Gasteiger partial charge in [0, 0.05) is 34.6 Å².